The molecule has 2 N–H and O–H groups in total. The van der Waals surface area contributed by atoms with Gasteiger partial charge in [0.25, 0.3) is 5.91 Å². The third-order valence-electron chi connectivity index (χ3n) is 4.15. The molecule has 0 spiro atoms. The molecular weight excluding hydrogens is 384 g/mol. The van der Waals surface area contributed by atoms with E-state index in [-0.39, 0.29) is 11.7 Å². The summed E-state index contributed by atoms with van der Waals surface area (Å²) in [5, 5.41) is 2.89. The van der Waals surface area contributed by atoms with Gasteiger partial charge in [-0.2, -0.15) is 0 Å². The lowest BCUT2D eigenvalue weighted by molar-refractivity contribution is -0.899. The second-order valence-electron chi connectivity index (χ2n) is 5.97. The maximum atomic E-state index is 12.8. The van der Waals surface area contributed by atoms with Gasteiger partial charge >= 0.3 is 0 Å². The summed E-state index contributed by atoms with van der Waals surface area (Å²) in [6.07, 6.45) is 0. The predicted molar refractivity (Wildman–Crippen MR) is 99.0 cm³/mol. The van der Waals surface area contributed by atoms with E-state index < -0.39 is 0 Å². The Labute approximate surface area is 155 Å². The van der Waals surface area contributed by atoms with Gasteiger partial charge in [0.05, 0.1) is 18.9 Å². The van der Waals surface area contributed by atoms with Gasteiger partial charge in [0.2, 0.25) is 0 Å². The number of hydrogen-bond donors (Lipinski definition) is 2. The van der Waals surface area contributed by atoms with E-state index in [0.717, 1.165) is 17.6 Å². The monoisotopic (exact) mass is 403 g/mol. The van der Waals surface area contributed by atoms with E-state index in [1.165, 1.54) is 4.90 Å². The van der Waals surface area contributed by atoms with Gasteiger partial charge in [-0.1, -0.05) is 46.3 Å². The van der Waals surface area contributed by atoms with Gasteiger partial charge in [0.1, 0.15) is 13.1 Å². The highest BCUT2D eigenvalue weighted by atomic mass is 79.9. The number of ketones is 1. The molecular formula is C19H20BrN2O3+. The highest BCUT2D eigenvalue weighted by Gasteiger charge is 2.20. The van der Waals surface area contributed by atoms with Crippen LogP contribution in [0.25, 0.3) is 0 Å². The first kappa shape index (κ1) is 17.8. The van der Waals surface area contributed by atoms with E-state index in [9.17, 15) is 9.59 Å². The number of carbonyl (C=O) groups is 2. The Morgan fingerprint density at radius 3 is 2.52 bits per heavy atom. The minimum absolute atomic E-state index is 0.0960. The Bertz CT molecular complexity index is 759. The SMILES string of the molecule is O=C(C[NH+]1CCOCC1)Nc1ccc(Br)cc1C(=O)c1ccccc1. The molecule has 0 saturated carbocycles. The molecule has 2 aromatic rings. The van der Waals surface area contributed by atoms with Crippen molar-refractivity contribution in [2.75, 3.05) is 38.2 Å². The Balaban J connectivity index is 1.77. The van der Waals surface area contributed by atoms with E-state index in [0.29, 0.717) is 36.6 Å². The van der Waals surface area contributed by atoms with Crippen LogP contribution in [-0.4, -0.2) is 44.5 Å². The largest absolute Gasteiger partial charge is 0.370 e. The zero-order valence-electron chi connectivity index (χ0n) is 13.8. The third-order valence-corrected chi connectivity index (χ3v) is 4.64. The van der Waals surface area contributed by atoms with Crippen LogP contribution >= 0.6 is 15.9 Å². The summed E-state index contributed by atoms with van der Waals surface area (Å²) in [6.45, 7) is 3.38. The molecule has 0 aliphatic carbocycles. The maximum absolute atomic E-state index is 12.8. The van der Waals surface area contributed by atoms with Gasteiger partial charge in [-0.25, -0.2) is 0 Å². The van der Waals surface area contributed by atoms with Crippen LogP contribution in [0.4, 0.5) is 5.69 Å². The molecule has 0 aromatic heterocycles. The van der Waals surface area contributed by atoms with Gasteiger partial charge < -0.3 is 15.0 Å². The number of morpholine rings is 1. The van der Waals surface area contributed by atoms with Crippen molar-refractivity contribution in [1.29, 1.82) is 0 Å². The average Bonchev–Trinajstić information content (AvgIpc) is 2.64. The minimum atomic E-state index is -0.115. The first-order valence-corrected chi connectivity index (χ1v) is 9.03. The molecule has 0 unspecified atom stereocenters. The number of nitrogens with one attached hydrogen (secondary N) is 2. The lowest BCUT2D eigenvalue weighted by Gasteiger charge is -2.23. The normalized spacial score (nSPS) is 14.9. The number of benzene rings is 2. The minimum Gasteiger partial charge on any atom is -0.370 e. The van der Waals surface area contributed by atoms with Crippen molar-refractivity contribution in [2.45, 2.75) is 0 Å². The molecule has 0 atom stereocenters. The standard InChI is InChI=1S/C19H19BrN2O3/c20-15-6-7-17(21-18(23)13-22-8-10-25-11-9-22)16(12-15)19(24)14-4-2-1-3-5-14/h1-7,12H,8-11,13H2,(H,21,23)/p+1. The predicted octanol–water partition coefficient (Wildman–Crippen LogP) is 1.53. The first-order chi connectivity index (χ1) is 12.1. The number of rotatable bonds is 5. The highest BCUT2D eigenvalue weighted by molar-refractivity contribution is 9.10. The number of halogens is 1. The smallest absolute Gasteiger partial charge is 0.279 e. The number of hydrogen-bond acceptors (Lipinski definition) is 3. The fourth-order valence-electron chi connectivity index (χ4n) is 2.82. The van der Waals surface area contributed by atoms with E-state index in [1.807, 2.05) is 24.3 Å². The molecule has 2 aromatic carbocycles. The van der Waals surface area contributed by atoms with Crippen molar-refractivity contribution in [2.24, 2.45) is 0 Å². The molecule has 1 fully saturated rings. The Kier molecular flexibility index (Phi) is 5.96. The summed E-state index contributed by atoms with van der Waals surface area (Å²) in [7, 11) is 0. The van der Waals surface area contributed by atoms with E-state index in [4.69, 9.17) is 4.74 Å². The number of carbonyl (C=O) groups excluding carboxylic acids is 2. The van der Waals surface area contributed by atoms with Crippen LogP contribution < -0.4 is 10.2 Å². The van der Waals surface area contributed by atoms with E-state index >= 15 is 0 Å². The van der Waals surface area contributed by atoms with Crippen molar-refractivity contribution in [3.05, 3.63) is 64.1 Å². The van der Waals surface area contributed by atoms with Crippen molar-refractivity contribution < 1.29 is 19.2 Å². The van der Waals surface area contributed by atoms with Crippen molar-refractivity contribution in [3.63, 3.8) is 0 Å². The number of ether oxygens (including phenoxy) is 1. The van der Waals surface area contributed by atoms with Crippen LogP contribution in [0.1, 0.15) is 15.9 Å². The molecule has 3 rings (SSSR count). The highest BCUT2D eigenvalue weighted by Crippen LogP contribution is 2.24. The van der Waals surface area contributed by atoms with Crippen LogP contribution in [0, 0.1) is 0 Å². The Morgan fingerprint density at radius 1 is 1.08 bits per heavy atom. The summed E-state index contributed by atoms with van der Waals surface area (Å²) in [5.74, 6) is -0.211. The summed E-state index contributed by atoms with van der Waals surface area (Å²) >= 11 is 3.40. The molecule has 1 aliphatic heterocycles. The summed E-state index contributed by atoms with van der Waals surface area (Å²) in [5.41, 5.74) is 1.61. The molecule has 0 bridgehead atoms. The summed E-state index contributed by atoms with van der Waals surface area (Å²) < 4.78 is 6.10. The lowest BCUT2D eigenvalue weighted by Crippen LogP contribution is -3.15. The van der Waals surface area contributed by atoms with Crippen LogP contribution in [0.3, 0.4) is 0 Å². The fraction of sp³-hybridized carbons (Fsp3) is 0.263. The maximum Gasteiger partial charge on any atom is 0.279 e. The van der Waals surface area contributed by atoms with Crippen LogP contribution in [0.5, 0.6) is 0 Å². The van der Waals surface area contributed by atoms with Crippen LogP contribution in [0.2, 0.25) is 0 Å². The number of amides is 1. The molecule has 130 valence electrons. The zero-order valence-corrected chi connectivity index (χ0v) is 15.3. The molecule has 1 aliphatic rings. The topological polar surface area (TPSA) is 59.8 Å². The van der Waals surface area contributed by atoms with E-state index in [1.54, 1.807) is 24.3 Å². The average molecular weight is 404 g/mol. The Hall–Kier alpha value is -2.02. The quantitative estimate of drug-likeness (QED) is 0.744. The molecule has 1 saturated heterocycles. The molecule has 1 amide bonds. The number of quaternary nitrogens is 1. The van der Waals surface area contributed by atoms with Gasteiger partial charge in [-0.3, -0.25) is 9.59 Å². The first-order valence-electron chi connectivity index (χ1n) is 8.24. The lowest BCUT2D eigenvalue weighted by atomic mass is 10.0. The zero-order chi connectivity index (χ0) is 17.6. The molecule has 1 heterocycles. The van der Waals surface area contributed by atoms with Crippen LogP contribution in [-0.2, 0) is 9.53 Å². The van der Waals surface area contributed by atoms with Gasteiger partial charge in [0, 0.05) is 15.6 Å². The van der Waals surface area contributed by atoms with Gasteiger partial charge in [0.15, 0.2) is 12.3 Å². The molecule has 6 heteroatoms. The van der Waals surface area contributed by atoms with Gasteiger partial charge in [-0.15, -0.1) is 0 Å². The Morgan fingerprint density at radius 2 is 1.80 bits per heavy atom. The number of anilines is 1. The second-order valence-corrected chi connectivity index (χ2v) is 6.89. The molecule has 25 heavy (non-hydrogen) atoms. The van der Waals surface area contributed by atoms with Crippen molar-refractivity contribution in [1.82, 2.24) is 0 Å². The summed E-state index contributed by atoms with van der Waals surface area (Å²) in [6, 6.07) is 14.4. The molecule has 0 radical (unpaired) electrons. The third kappa shape index (κ3) is 4.75. The summed E-state index contributed by atoms with van der Waals surface area (Å²) in [4.78, 5) is 26.4. The van der Waals surface area contributed by atoms with Crippen LogP contribution in [0.15, 0.2) is 53.0 Å². The van der Waals surface area contributed by atoms with Gasteiger partial charge in [-0.05, 0) is 18.2 Å². The fourth-order valence-corrected chi connectivity index (χ4v) is 3.18. The molecule has 5 nitrogen and oxygen atoms in total. The van der Waals surface area contributed by atoms with E-state index in [2.05, 4.69) is 21.2 Å². The second kappa shape index (κ2) is 8.38. The van der Waals surface area contributed by atoms with Crippen molar-refractivity contribution in [3.8, 4) is 0 Å². The van der Waals surface area contributed by atoms with Crippen molar-refractivity contribution >= 4 is 33.3 Å².